The Morgan fingerprint density at radius 1 is 1.45 bits per heavy atom. The number of hydrogen-bond acceptors (Lipinski definition) is 5. The summed E-state index contributed by atoms with van der Waals surface area (Å²) in [6.07, 6.45) is -0.267. The fourth-order valence-corrected chi connectivity index (χ4v) is 3.13. The highest BCUT2D eigenvalue weighted by atomic mass is 35.7. The Kier molecular flexibility index (Phi) is 3.70. The van der Waals surface area contributed by atoms with Gasteiger partial charge in [-0.3, -0.25) is 14.9 Å². The summed E-state index contributed by atoms with van der Waals surface area (Å²) < 4.78 is 22.6. The minimum absolute atomic E-state index is 0.0911. The van der Waals surface area contributed by atoms with Gasteiger partial charge in [0.15, 0.2) is 0 Å². The second-order valence-electron chi connectivity index (χ2n) is 4.56. The average Bonchev–Trinajstić information content (AvgIpc) is 2.71. The predicted octanol–water partition coefficient (Wildman–Crippen LogP) is 1.58. The summed E-state index contributed by atoms with van der Waals surface area (Å²) in [5, 5.41) is 10.00. The summed E-state index contributed by atoms with van der Waals surface area (Å²) >= 11 is 0. The lowest BCUT2D eigenvalue weighted by Gasteiger charge is -2.16. The minimum atomic E-state index is -3.88. The van der Waals surface area contributed by atoms with Gasteiger partial charge in [0.25, 0.3) is 5.69 Å². The van der Waals surface area contributed by atoms with Gasteiger partial charge in [0, 0.05) is 29.7 Å². The van der Waals surface area contributed by atoms with E-state index in [0.717, 1.165) is 4.90 Å². The second kappa shape index (κ2) is 5.02. The molecular weight excluding hydrogens is 308 g/mol. The molecule has 0 saturated carbocycles. The second-order valence-corrected chi connectivity index (χ2v) is 7.46. The van der Waals surface area contributed by atoms with Crippen LogP contribution >= 0.6 is 10.7 Å². The van der Waals surface area contributed by atoms with E-state index in [1.807, 2.05) is 0 Å². The van der Waals surface area contributed by atoms with Crippen LogP contribution in [0.15, 0.2) is 18.2 Å². The zero-order chi connectivity index (χ0) is 15.1. The summed E-state index contributed by atoms with van der Waals surface area (Å²) in [5.74, 6) is -0.494. The molecule has 1 unspecified atom stereocenters. The van der Waals surface area contributed by atoms with Gasteiger partial charge in [-0.1, -0.05) is 6.07 Å². The van der Waals surface area contributed by atoms with Crippen LogP contribution < -0.4 is 4.90 Å². The van der Waals surface area contributed by atoms with E-state index in [4.69, 9.17) is 10.7 Å². The summed E-state index contributed by atoms with van der Waals surface area (Å²) in [5.41, 5.74) is 0.535. The number of nitro groups is 1. The molecule has 0 aromatic heterocycles. The molecule has 0 radical (unpaired) electrons. The molecule has 9 heteroatoms. The summed E-state index contributed by atoms with van der Waals surface area (Å²) in [6.45, 7) is 1.52. The molecule has 7 nitrogen and oxygen atoms in total. The van der Waals surface area contributed by atoms with E-state index in [2.05, 4.69) is 0 Å². The number of anilines is 1. The highest BCUT2D eigenvalue weighted by Gasteiger charge is 2.40. The van der Waals surface area contributed by atoms with Crippen LogP contribution in [0, 0.1) is 17.0 Å². The Bertz CT molecular complexity index is 688. The van der Waals surface area contributed by atoms with Gasteiger partial charge in [-0.15, -0.1) is 0 Å². The fraction of sp³-hybridized carbons (Fsp3) is 0.364. The first-order chi connectivity index (χ1) is 9.20. The number of carbonyl (C=O) groups is 1. The third-order valence-corrected chi connectivity index (χ3v) is 4.97. The lowest BCUT2D eigenvalue weighted by atomic mass is 10.2. The number of carbonyl (C=O) groups excluding carboxylic acids is 1. The zero-order valence-corrected chi connectivity index (χ0v) is 12.0. The number of nitro benzene ring substituents is 1. The van der Waals surface area contributed by atoms with Crippen molar-refractivity contribution in [3.63, 3.8) is 0 Å². The van der Waals surface area contributed by atoms with Crippen molar-refractivity contribution >= 4 is 37.0 Å². The number of hydrogen-bond donors (Lipinski definition) is 0. The first kappa shape index (κ1) is 14.7. The van der Waals surface area contributed by atoms with E-state index in [1.165, 1.54) is 12.1 Å². The van der Waals surface area contributed by atoms with Gasteiger partial charge >= 0.3 is 0 Å². The van der Waals surface area contributed by atoms with Crippen molar-refractivity contribution in [3.8, 4) is 0 Å². The number of aryl methyl sites for hydroxylation is 1. The molecule has 0 bridgehead atoms. The molecule has 1 aliphatic heterocycles. The Hall–Kier alpha value is -1.67. The number of halogens is 1. The Morgan fingerprint density at radius 2 is 2.10 bits per heavy atom. The zero-order valence-electron chi connectivity index (χ0n) is 10.4. The fourth-order valence-electron chi connectivity index (χ4n) is 2.10. The maximum absolute atomic E-state index is 11.9. The van der Waals surface area contributed by atoms with Crippen LogP contribution in [-0.2, 0) is 13.8 Å². The molecule has 0 spiro atoms. The van der Waals surface area contributed by atoms with Crippen LogP contribution in [0.2, 0.25) is 0 Å². The summed E-state index contributed by atoms with van der Waals surface area (Å²) in [4.78, 5) is 23.4. The molecular formula is C11H11ClN2O5S. The van der Waals surface area contributed by atoms with E-state index in [9.17, 15) is 23.3 Å². The quantitative estimate of drug-likeness (QED) is 0.478. The smallest absolute Gasteiger partial charge is 0.293 e. The molecule has 1 amide bonds. The van der Waals surface area contributed by atoms with Crippen LogP contribution in [-0.4, -0.2) is 31.0 Å². The number of benzene rings is 1. The lowest BCUT2D eigenvalue weighted by molar-refractivity contribution is -0.384. The standard InChI is InChI=1S/C11H11ClN2O5S/c1-7-2-3-9(10(4-7)14(16)17)13-6-8(5-11(13)15)20(12,18)19/h2-4,8H,5-6H2,1H3. The molecule has 2 rings (SSSR count). The van der Waals surface area contributed by atoms with Crippen molar-refractivity contribution in [2.75, 3.05) is 11.4 Å². The van der Waals surface area contributed by atoms with Crippen molar-refractivity contribution in [3.05, 3.63) is 33.9 Å². The van der Waals surface area contributed by atoms with Crippen LogP contribution in [0.1, 0.15) is 12.0 Å². The molecule has 20 heavy (non-hydrogen) atoms. The molecule has 0 N–H and O–H groups in total. The van der Waals surface area contributed by atoms with Gasteiger partial charge in [-0.25, -0.2) is 8.42 Å². The van der Waals surface area contributed by atoms with Gasteiger partial charge < -0.3 is 4.90 Å². The van der Waals surface area contributed by atoms with Gasteiger partial charge in [-0.05, 0) is 18.6 Å². The highest BCUT2D eigenvalue weighted by Crippen LogP contribution is 2.34. The monoisotopic (exact) mass is 318 g/mol. The number of amides is 1. The number of nitrogens with zero attached hydrogens (tertiary/aromatic N) is 2. The van der Waals surface area contributed by atoms with Gasteiger partial charge in [-0.2, -0.15) is 0 Å². The van der Waals surface area contributed by atoms with Crippen molar-refractivity contribution < 1.29 is 18.1 Å². The van der Waals surface area contributed by atoms with Crippen LogP contribution in [0.5, 0.6) is 0 Å². The first-order valence-corrected chi connectivity index (χ1v) is 8.06. The minimum Gasteiger partial charge on any atom is -0.305 e. The molecule has 1 saturated heterocycles. The molecule has 1 heterocycles. The lowest BCUT2D eigenvalue weighted by Crippen LogP contribution is -2.27. The van der Waals surface area contributed by atoms with Crippen LogP contribution in [0.3, 0.4) is 0 Å². The third kappa shape index (κ3) is 2.75. The van der Waals surface area contributed by atoms with E-state index >= 15 is 0 Å². The normalized spacial score (nSPS) is 19.4. The van der Waals surface area contributed by atoms with Crippen molar-refractivity contribution in [2.45, 2.75) is 18.6 Å². The average molecular weight is 319 g/mol. The molecule has 1 aromatic rings. The maximum atomic E-state index is 11.9. The maximum Gasteiger partial charge on any atom is 0.293 e. The Labute approximate surface area is 119 Å². The molecule has 108 valence electrons. The molecule has 1 aliphatic rings. The largest absolute Gasteiger partial charge is 0.305 e. The topological polar surface area (TPSA) is 97.6 Å². The van der Waals surface area contributed by atoms with E-state index in [-0.39, 0.29) is 24.3 Å². The summed E-state index contributed by atoms with van der Waals surface area (Å²) in [6, 6.07) is 4.40. The van der Waals surface area contributed by atoms with Crippen LogP contribution in [0.4, 0.5) is 11.4 Å². The SMILES string of the molecule is Cc1ccc(N2CC(S(=O)(=O)Cl)CC2=O)c([N+](=O)[O-])c1. The van der Waals surface area contributed by atoms with Gasteiger partial charge in [0.2, 0.25) is 15.0 Å². The van der Waals surface area contributed by atoms with Crippen molar-refractivity contribution in [1.29, 1.82) is 0 Å². The van der Waals surface area contributed by atoms with E-state index in [1.54, 1.807) is 13.0 Å². The number of rotatable bonds is 3. The van der Waals surface area contributed by atoms with Crippen molar-refractivity contribution in [2.24, 2.45) is 0 Å². The molecule has 0 aliphatic carbocycles. The van der Waals surface area contributed by atoms with Crippen LogP contribution in [0.25, 0.3) is 0 Å². The van der Waals surface area contributed by atoms with Crippen molar-refractivity contribution in [1.82, 2.24) is 0 Å². The van der Waals surface area contributed by atoms with E-state index in [0.29, 0.717) is 5.56 Å². The highest BCUT2D eigenvalue weighted by molar-refractivity contribution is 8.14. The first-order valence-electron chi connectivity index (χ1n) is 5.69. The van der Waals surface area contributed by atoms with Gasteiger partial charge in [0.1, 0.15) is 10.9 Å². The Balaban J connectivity index is 2.43. The van der Waals surface area contributed by atoms with E-state index < -0.39 is 25.1 Å². The summed E-state index contributed by atoms with van der Waals surface area (Å²) in [7, 11) is 1.37. The predicted molar refractivity (Wildman–Crippen MR) is 73.4 cm³/mol. The molecule has 1 aromatic carbocycles. The Morgan fingerprint density at radius 3 is 2.60 bits per heavy atom. The molecule has 1 atom stereocenters. The molecule has 1 fully saturated rings. The van der Waals surface area contributed by atoms with Gasteiger partial charge in [0.05, 0.1) is 4.92 Å². The third-order valence-electron chi connectivity index (χ3n) is 3.11.